The molecule has 1 saturated heterocycles. The van der Waals surface area contributed by atoms with Gasteiger partial charge in [-0.15, -0.1) is 0 Å². The van der Waals surface area contributed by atoms with Crippen LogP contribution in [0.3, 0.4) is 0 Å². The van der Waals surface area contributed by atoms with Crippen LogP contribution in [-0.2, 0) is 17.9 Å². The highest BCUT2D eigenvalue weighted by atomic mass is 19.3. The van der Waals surface area contributed by atoms with Gasteiger partial charge in [0.05, 0.1) is 5.69 Å². The van der Waals surface area contributed by atoms with Crippen LogP contribution < -0.4 is 0 Å². The van der Waals surface area contributed by atoms with Crippen molar-refractivity contribution in [3.63, 3.8) is 0 Å². The Morgan fingerprint density at radius 3 is 2.57 bits per heavy atom. The van der Waals surface area contributed by atoms with Crippen molar-refractivity contribution < 1.29 is 13.6 Å². The molecule has 1 amide bonds. The summed E-state index contributed by atoms with van der Waals surface area (Å²) in [5.74, 6) is 0.154. The van der Waals surface area contributed by atoms with Gasteiger partial charge in [-0.25, -0.2) is 8.78 Å². The summed E-state index contributed by atoms with van der Waals surface area (Å²) in [4.78, 5) is 16.7. The summed E-state index contributed by atoms with van der Waals surface area (Å²) >= 11 is 0. The fraction of sp³-hybridized carbons (Fsp3) is 0.524. The molecule has 1 aliphatic heterocycles. The molecule has 2 aliphatic rings. The number of hydrogen-bond acceptors (Lipinski definition) is 3. The summed E-state index contributed by atoms with van der Waals surface area (Å²) in [5, 5.41) is 4.29. The average molecular weight is 388 g/mol. The van der Waals surface area contributed by atoms with Crippen LogP contribution in [0.15, 0.2) is 30.3 Å². The summed E-state index contributed by atoms with van der Waals surface area (Å²) < 4.78 is 27.8. The molecule has 4 rings (SSSR count). The van der Waals surface area contributed by atoms with Gasteiger partial charge in [-0.3, -0.25) is 14.4 Å². The van der Waals surface area contributed by atoms with Crippen LogP contribution in [-0.4, -0.2) is 51.7 Å². The number of amides is 1. The van der Waals surface area contributed by atoms with Gasteiger partial charge < -0.3 is 4.90 Å². The standard InChI is InChI=1S/C21H26F2N4O/c1-15-3-2-4-16(11-15)13-25-7-9-26(10-8-25)20(28)14-27-19(21(22)23)12-18(24-27)17-5-6-17/h2-4,11-12,17,21H,5-10,13-14H2,1H3. The van der Waals surface area contributed by atoms with Crippen LogP contribution in [0.1, 0.15) is 47.7 Å². The molecule has 0 radical (unpaired) electrons. The minimum absolute atomic E-state index is 0.107. The van der Waals surface area contributed by atoms with E-state index in [9.17, 15) is 13.6 Å². The summed E-state index contributed by atoms with van der Waals surface area (Å²) in [7, 11) is 0. The first-order valence-corrected chi connectivity index (χ1v) is 9.91. The van der Waals surface area contributed by atoms with Crippen molar-refractivity contribution in [1.29, 1.82) is 0 Å². The molecule has 0 N–H and O–H groups in total. The van der Waals surface area contributed by atoms with E-state index >= 15 is 0 Å². The minimum atomic E-state index is -2.61. The number of rotatable bonds is 6. The monoisotopic (exact) mass is 388 g/mol. The second kappa shape index (κ2) is 7.99. The fourth-order valence-electron chi connectivity index (χ4n) is 3.79. The maximum Gasteiger partial charge on any atom is 0.280 e. The Kier molecular flexibility index (Phi) is 5.44. The summed E-state index contributed by atoms with van der Waals surface area (Å²) in [6.07, 6.45) is -0.619. The first-order chi connectivity index (χ1) is 13.5. The number of nitrogens with zero attached hydrogens (tertiary/aromatic N) is 4. The van der Waals surface area contributed by atoms with Crippen LogP contribution in [0.2, 0.25) is 0 Å². The molecule has 1 aromatic heterocycles. The quantitative estimate of drug-likeness (QED) is 0.762. The van der Waals surface area contributed by atoms with Crippen molar-refractivity contribution in [2.45, 2.75) is 45.2 Å². The zero-order chi connectivity index (χ0) is 19.7. The molecule has 0 atom stereocenters. The van der Waals surface area contributed by atoms with Crippen LogP contribution in [0, 0.1) is 6.92 Å². The molecule has 1 aromatic carbocycles. The van der Waals surface area contributed by atoms with E-state index in [0.717, 1.165) is 32.5 Å². The third-order valence-electron chi connectivity index (χ3n) is 5.55. The van der Waals surface area contributed by atoms with Crippen molar-refractivity contribution in [3.05, 3.63) is 52.8 Å². The Bertz CT molecular complexity index is 839. The van der Waals surface area contributed by atoms with Gasteiger partial charge in [0.2, 0.25) is 5.91 Å². The number of alkyl halides is 2. The molecular weight excluding hydrogens is 362 g/mol. The number of carbonyl (C=O) groups is 1. The lowest BCUT2D eigenvalue weighted by Crippen LogP contribution is -2.49. The van der Waals surface area contributed by atoms with E-state index in [1.807, 2.05) is 0 Å². The summed E-state index contributed by atoms with van der Waals surface area (Å²) in [5.41, 5.74) is 3.07. The van der Waals surface area contributed by atoms with Gasteiger partial charge in [0.1, 0.15) is 12.2 Å². The van der Waals surface area contributed by atoms with Gasteiger partial charge in [0.25, 0.3) is 6.43 Å². The van der Waals surface area contributed by atoms with Gasteiger partial charge in [0.15, 0.2) is 0 Å². The predicted molar refractivity (Wildman–Crippen MR) is 102 cm³/mol. The molecule has 2 aromatic rings. The second-order valence-electron chi connectivity index (χ2n) is 7.87. The van der Waals surface area contributed by atoms with E-state index in [0.29, 0.717) is 24.7 Å². The maximum atomic E-state index is 13.3. The molecule has 2 fully saturated rings. The normalized spacial score (nSPS) is 18.1. The Hall–Kier alpha value is -2.28. The molecule has 5 nitrogen and oxygen atoms in total. The van der Waals surface area contributed by atoms with Crippen LogP contribution in [0.4, 0.5) is 8.78 Å². The smallest absolute Gasteiger partial charge is 0.280 e. The third-order valence-corrected chi connectivity index (χ3v) is 5.55. The molecule has 28 heavy (non-hydrogen) atoms. The average Bonchev–Trinajstić information content (AvgIpc) is 3.43. The number of halogens is 2. The first-order valence-electron chi connectivity index (χ1n) is 9.91. The molecule has 0 bridgehead atoms. The molecular formula is C21H26F2N4O. The highest BCUT2D eigenvalue weighted by molar-refractivity contribution is 5.76. The zero-order valence-corrected chi connectivity index (χ0v) is 16.2. The number of aryl methyl sites for hydroxylation is 1. The Labute approximate surface area is 163 Å². The van der Waals surface area contributed by atoms with E-state index in [-0.39, 0.29) is 18.1 Å². The number of benzene rings is 1. The predicted octanol–water partition coefficient (Wildman–Crippen LogP) is 3.35. The van der Waals surface area contributed by atoms with Crippen LogP contribution >= 0.6 is 0 Å². The first kappa shape index (κ1) is 19.1. The van der Waals surface area contributed by atoms with Gasteiger partial charge in [0, 0.05) is 38.6 Å². The van der Waals surface area contributed by atoms with Crippen LogP contribution in [0.5, 0.6) is 0 Å². The van der Waals surface area contributed by atoms with E-state index in [2.05, 4.69) is 41.2 Å². The molecule has 1 saturated carbocycles. The van der Waals surface area contributed by atoms with E-state index in [4.69, 9.17) is 0 Å². The Morgan fingerprint density at radius 2 is 1.93 bits per heavy atom. The lowest BCUT2D eigenvalue weighted by atomic mass is 10.1. The molecule has 2 heterocycles. The van der Waals surface area contributed by atoms with E-state index in [1.165, 1.54) is 21.9 Å². The minimum Gasteiger partial charge on any atom is -0.339 e. The lowest BCUT2D eigenvalue weighted by molar-refractivity contribution is -0.134. The molecule has 0 unspecified atom stereocenters. The molecule has 7 heteroatoms. The Morgan fingerprint density at radius 1 is 1.18 bits per heavy atom. The Balaban J connectivity index is 1.33. The third kappa shape index (κ3) is 4.41. The number of aromatic nitrogens is 2. The van der Waals surface area contributed by atoms with Gasteiger partial charge in [-0.1, -0.05) is 29.8 Å². The van der Waals surface area contributed by atoms with Gasteiger partial charge >= 0.3 is 0 Å². The highest BCUT2D eigenvalue weighted by Gasteiger charge is 2.30. The van der Waals surface area contributed by atoms with Crippen molar-refractivity contribution in [2.75, 3.05) is 26.2 Å². The largest absolute Gasteiger partial charge is 0.339 e. The van der Waals surface area contributed by atoms with Crippen molar-refractivity contribution in [3.8, 4) is 0 Å². The fourth-order valence-corrected chi connectivity index (χ4v) is 3.79. The summed E-state index contributed by atoms with van der Waals surface area (Å²) in [6.45, 7) is 5.64. The lowest BCUT2D eigenvalue weighted by Gasteiger charge is -2.34. The second-order valence-corrected chi connectivity index (χ2v) is 7.87. The van der Waals surface area contributed by atoms with E-state index in [1.54, 1.807) is 4.90 Å². The molecule has 1 aliphatic carbocycles. The van der Waals surface area contributed by atoms with Crippen molar-refractivity contribution in [2.24, 2.45) is 0 Å². The number of carbonyl (C=O) groups excluding carboxylic acids is 1. The molecule has 0 spiro atoms. The van der Waals surface area contributed by atoms with Crippen molar-refractivity contribution >= 4 is 5.91 Å². The number of piperazine rings is 1. The van der Waals surface area contributed by atoms with Gasteiger partial charge in [-0.2, -0.15) is 5.10 Å². The van der Waals surface area contributed by atoms with Crippen molar-refractivity contribution in [1.82, 2.24) is 19.6 Å². The highest BCUT2D eigenvalue weighted by Crippen LogP contribution is 2.40. The maximum absolute atomic E-state index is 13.3. The number of hydrogen-bond donors (Lipinski definition) is 0. The zero-order valence-electron chi connectivity index (χ0n) is 16.2. The van der Waals surface area contributed by atoms with E-state index < -0.39 is 6.43 Å². The van der Waals surface area contributed by atoms with Gasteiger partial charge in [-0.05, 0) is 31.4 Å². The summed E-state index contributed by atoms with van der Waals surface area (Å²) in [6, 6.07) is 9.90. The topological polar surface area (TPSA) is 41.4 Å². The SMILES string of the molecule is Cc1cccc(CN2CCN(C(=O)Cn3nc(C4CC4)cc3C(F)F)CC2)c1. The molecule has 150 valence electrons. The van der Waals surface area contributed by atoms with Crippen LogP contribution in [0.25, 0.3) is 0 Å².